The maximum absolute atomic E-state index is 12.6. The number of hydrazine groups is 1. The van der Waals surface area contributed by atoms with Crippen molar-refractivity contribution in [3.8, 4) is 0 Å². The molecule has 2 aromatic carbocycles. The van der Waals surface area contributed by atoms with Crippen LogP contribution in [0, 0.1) is 6.92 Å². The number of benzene rings is 2. The molecule has 0 saturated carbocycles. The minimum Gasteiger partial charge on any atom is -0.267 e. The van der Waals surface area contributed by atoms with E-state index in [1.165, 1.54) is 28.6 Å². The summed E-state index contributed by atoms with van der Waals surface area (Å²) in [5.74, 6) is -1.04. The molecule has 1 saturated heterocycles. The molecular weight excluding hydrogens is 366 g/mol. The van der Waals surface area contributed by atoms with Crippen molar-refractivity contribution in [1.82, 2.24) is 15.2 Å². The fourth-order valence-corrected chi connectivity index (χ4v) is 4.40. The van der Waals surface area contributed by atoms with Gasteiger partial charge in [0, 0.05) is 24.2 Å². The van der Waals surface area contributed by atoms with Crippen molar-refractivity contribution in [3.63, 3.8) is 0 Å². The number of aryl methyl sites for hydroxylation is 1. The number of nitrogens with one attached hydrogen (secondary N) is 2. The average molecular weight is 387 g/mol. The lowest BCUT2D eigenvalue weighted by atomic mass is 10.1. The Morgan fingerprint density at radius 2 is 1.48 bits per heavy atom. The number of sulfonamides is 1. The molecule has 1 aliphatic heterocycles. The summed E-state index contributed by atoms with van der Waals surface area (Å²) in [6.07, 6.45) is 1.68. The second-order valence-corrected chi connectivity index (χ2v) is 8.35. The molecule has 0 aliphatic carbocycles. The number of nitrogens with zero attached hydrogens (tertiary/aromatic N) is 1. The van der Waals surface area contributed by atoms with Gasteiger partial charge in [-0.15, -0.1) is 0 Å². The van der Waals surface area contributed by atoms with Gasteiger partial charge in [0.2, 0.25) is 10.0 Å². The van der Waals surface area contributed by atoms with E-state index in [1.54, 1.807) is 24.3 Å². The van der Waals surface area contributed by atoms with Crippen LogP contribution in [0.1, 0.15) is 39.1 Å². The van der Waals surface area contributed by atoms with Crippen LogP contribution in [-0.4, -0.2) is 37.6 Å². The van der Waals surface area contributed by atoms with Crippen LogP contribution in [0.15, 0.2) is 53.4 Å². The SMILES string of the molecule is Cc1ccc(C(=O)NNC(=O)c2cccc(S(=O)(=O)N3CCCC3)c2)cc1. The first-order valence-corrected chi connectivity index (χ1v) is 10.1. The summed E-state index contributed by atoms with van der Waals surface area (Å²) >= 11 is 0. The lowest BCUT2D eigenvalue weighted by Gasteiger charge is -2.16. The normalized spacial score (nSPS) is 14.7. The second-order valence-electron chi connectivity index (χ2n) is 6.41. The summed E-state index contributed by atoms with van der Waals surface area (Å²) in [4.78, 5) is 24.4. The maximum Gasteiger partial charge on any atom is 0.269 e. The first kappa shape index (κ1) is 19.1. The molecule has 1 fully saturated rings. The predicted molar refractivity (Wildman–Crippen MR) is 101 cm³/mol. The molecule has 0 radical (unpaired) electrons. The summed E-state index contributed by atoms with van der Waals surface area (Å²) < 4.78 is 26.6. The van der Waals surface area contributed by atoms with E-state index >= 15 is 0 Å². The molecule has 1 heterocycles. The number of carbonyl (C=O) groups excluding carboxylic acids is 2. The second kappa shape index (κ2) is 7.89. The largest absolute Gasteiger partial charge is 0.269 e. The van der Waals surface area contributed by atoms with Crippen molar-refractivity contribution >= 4 is 21.8 Å². The lowest BCUT2D eigenvalue weighted by molar-refractivity contribution is 0.0846. The Balaban J connectivity index is 1.68. The van der Waals surface area contributed by atoms with Gasteiger partial charge in [0.15, 0.2) is 0 Å². The summed E-state index contributed by atoms with van der Waals surface area (Å²) in [6.45, 7) is 2.89. The van der Waals surface area contributed by atoms with Gasteiger partial charge in [-0.05, 0) is 50.1 Å². The zero-order chi connectivity index (χ0) is 19.4. The van der Waals surface area contributed by atoms with Crippen molar-refractivity contribution in [2.75, 3.05) is 13.1 Å². The molecule has 3 rings (SSSR count). The van der Waals surface area contributed by atoms with Crippen LogP contribution in [0.3, 0.4) is 0 Å². The molecular formula is C19H21N3O4S. The molecule has 2 amide bonds. The first-order chi connectivity index (χ1) is 12.9. The Labute approximate surface area is 158 Å². The van der Waals surface area contributed by atoms with Crippen LogP contribution in [0.2, 0.25) is 0 Å². The van der Waals surface area contributed by atoms with Gasteiger partial charge < -0.3 is 0 Å². The van der Waals surface area contributed by atoms with E-state index in [2.05, 4.69) is 10.9 Å². The third-order valence-corrected chi connectivity index (χ3v) is 6.30. The van der Waals surface area contributed by atoms with Gasteiger partial charge in [-0.1, -0.05) is 23.8 Å². The number of rotatable bonds is 4. The van der Waals surface area contributed by atoms with Crippen molar-refractivity contribution < 1.29 is 18.0 Å². The van der Waals surface area contributed by atoms with Crippen LogP contribution < -0.4 is 10.9 Å². The van der Waals surface area contributed by atoms with Crippen molar-refractivity contribution in [1.29, 1.82) is 0 Å². The third kappa shape index (κ3) is 4.35. The predicted octanol–water partition coefficient (Wildman–Crippen LogP) is 1.85. The Hall–Kier alpha value is -2.71. The van der Waals surface area contributed by atoms with Crippen molar-refractivity contribution in [3.05, 3.63) is 65.2 Å². The highest BCUT2D eigenvalue weighted by atomic mass is 32.2. The Kier molecular flexibility index (Phi) is 5.57. The lowest BCUT2D eigenvalue weighted by Crippen LogP contribution is -2.41. The summed E-state index contributed by atoms with van der Waals surface area (Å²) in [6, 6.07) is 12.7. The summed E-state index contributed by atoms with van der Waals surface area (Å²) in [5.41, 5.74) is 6.23. The molecule has 0 aromatic heterocycles. The van der Waals surface area contributed by atoms with Crippen LogP contribution in [0.5, 0.6) is 0 Å². The van der Waals surface area contributed by atoms with Gasteiger partial charge in [0.1, 0.15) is 0 Å². The minimum atomic E-state index is -3.61. The Morgan fingerprint density at radius 3 is 2.11 bits per heavy atom. The van der Waals surface area contributed by atoms with Gasteiger partial charge in [-0.25, -0.2) is 8.42 Å². The third-order valence-electron chi connectivity index (χ3n) is 4.40. The highest BCUT2D eigenvalue weighted by Gasteiger charge is 2.27. The molecule has 0 spiro atoms. The van der Waals surface area contributed by atoms with E-state index in [1.807, 2.05) is 6.92 Å². The molecule has 27 heavy (non-hydrogen) atoms. The van der Waals surface area contributed by atoms with Crippen LogP contribution in [0.25, 0.3) is 0 Å². The monoisotopic (exact) mass is 387 g/mol. The molecule has 0 bridgehead atoms. The summed E-state index contributed by atoms with van der Waals surface area (Å²) in [7, 11) is -3.61. The fourth-order valence-electron chi connectivity index (χ4n) is 2.84. The van der Waals surface area contributed by atoms with E-state index in [0.29, 0.717) is 18.7 Å². The number of amides is 2. The van der Waals surface area contributed by atoms with E-state index in [9.17, 15) is 18.0 Å². The van der Waals surface area contributed by atoms with E-state index < -0.39 is 21.8 Å². The number of hydrogen-bond donors (Lipinski definition) is 2. The van der Waals surface area contributed by atoms with Gasteiger partial charge in [0.05, 0.1) is 4.90 Å². The van der Waals surface area contributed by atoms with Crippen molar-refractivity contribution in [2.45, 2.75) is 24.7 Å². The van der Waals surface area contributed by atoms with Gasteiger partial charge in [-0.2, -0.15) is 4.31 Å². The molecule has 1 aliphatic rings. The fraction of sp³-hybridized carbons (Fsp3) is 0.263. The van der Waals surface area contributed by atoms with E-state index in [0.717, 1.165) is 18.4 Å². The first-order valence-electron chi connectivity index (χ1n) is 8.65. The number of carbonyl (C=O) groups is 2. The van der Waals surface area contributed by atoms with Gasteiger partial charge in [-0.3, -0.25) is 20.4 Å². The van der Waals surface area contributed by atoms with Crippen LogP contribution in [0.4, 0.5) is 0 Å². The standard InChI is InChI=1S/C19H21N3O4S/c1-14-7-9-15(10-8-14)18(23)20-21-19(24)16-5-4-6-17(13-16)27(25,26)22-11-2-3-12-22/h4-10,13H,2-3,11-12H2,1H3,(H,20,23)(H,21,24). The molecule has 8 heteroatoms. The Morgan fingerprint density at radius 1 is 0.889 bits per heavy atom. The zero-order valence-corrected chi connectivity index (χ0v) is 15.8. The molecule has 142 valence electrons. The molecule has 0 atom stereocenters. The molecule has 2 aromatic rings. The quantitative estimate of drug-likeness (QED) is 0.783. The molecule has 2 N–H and O–H groups in total. The average Bonchev–Trinajstić information content (AvgIpc) is 3.22. The van der Waals surface area contributed by atoms with Gasteiger partial charge in [0.25, 0.3) is 11.8 Å². The topological polar surface area (TPSA) is 95.6 Å². The smallest absolute Gasteiger partial charge is 0.267 e. The van der Waals surface area contributed by atoms with Crippen LogP contribution >= 0.6 is 0 Å². The minimum absolute atomic E-state index is 0.0712. The highest BCUT2D eigenvalue weighted by Crippen LogP contribution is 2.21. The molecule has 7 nitrogen and oxygen atoms in total. The molecule has 0 unspecified atom stereocenters. The van der Waals surface area contributed by atoms with E-state index in [4.69, 9.17) is 0 Å². The van der Waals surface area contributed by atoms with Gasteiger partial charge >= 0.3 is 0 Å². The van der Waals surface area contributed by atoms with Crippen LogP contribution in [-0.2, 0) is 10.0 Å². The van der Waals surface area contributed by atoms with Crippen molar-refractivity contribution in [2.24, 2.45) is 0 Å². The number of hydrogen-bond acceptors (Lipinski definition) is 4. The summed E-state index contributed by atoms with van der Waals surface area (Å²) in [5, 5.41) is 0. The van der Waals surface area contributed by atoms with E-state index in [-0.39, 0.29) is 10.5 Å². The maximum atomic E-state index is 12.6. The zero-order valence-electron chi connectivity index (χ0n) is 14.9. The highest BCUT2D eigenvalue weighted by molar-refractivity contribution is 7.89. The Bertz CT molecular complexity index is 949.